The molecule has 1 heterocycles. The Kier molecular flexibility index (Phi) is 7.16. The van der Waals surface area contributed by atoms with Gasteiger partial charge in [0.2, 0.25) is 5.13 Å². The SMILES string of the molecule is Br.COc1ccc(/C(C)=N\Nc2nc(-c3ccc(Br)cc3)cs2)cc1. The third-order valence-corrected chi connectivity index (χ3v) is 4.75. The smallest absolute Gasteiger partial charge is 0.203 e. The number of rotatable bonds is 5. The number of halogens is 2. The van der Waals surface area contributed by atoms with Gasteiger partial charge in [0.25, 0.3) is 0 Å². The molecule has 7 heteroatoms. The lowest BCUT2D eigenvalue weighted by Crippen LogP contribution is -1.99. The number of hydrogen-bond donors (Lipinski definition) is 1. The van der Waals surface area contributed by atoms with E-state index in [1.165, 1.54) is 11.3 Å². The van der Waals surface area contributed by atoms with Crippen molar-refractivity contribution in [2.24, 2.45) is 5.10 Å². The molecule has 130 valence electrons. The normalized spacial score (nSPS) is 10.9. The zero-order valence-electron chi connectivity index (χ0n) is 13.7. The molecule has 0 amide bonds. The summed E-state index contributed by atoms with van der Waals surface area (Å²) in [5.74, 6) is 0.832. The number of benzene rings is 2. The summed E-state index contributed by atoms with van der Waals surface area (Å²) in [6.45, 7) is 1.96. The van der Waals surface area contributed by atoms with Gasteiger partial charge in [-0.3, -0.25) is 5.43 Å². The average Bonchev–Trinajstić information content (AvgIpc) is 3.09. The molecule has 0 radical (unpaired) electrons. The van der Waals surface area contributed by atoms with E-state index in [1.807, 2.05) is 60.8 Å². The van der Waals surface area contributed by atoms with Crippen molar-refractivity contribution in [3.63, 3.8) is 0 Å². The van der Waals surface area contributed by atoms with Crippen LogP contribution in [0.15, 0.2) is 63.5 Å². The largest absolute Gasteiger partial charge is 0.497 e. The van der Waals surface area contributed by atoms with E-state index >= 15 is 0 Å². The predicted molar refractivity (Wildman–Crippen MR) is 114 cm³/mol. The topological polar surface area (TPSA) is 46.5 Å². The van der Waals surface area contributed by atoms with Crippen molar-refractivity contribution in [1.29, 1.82) is 0 Å². The first-order valence-electron chi connectivity index (χ1n) is 7.32. The lowest BCUT2D eigenvalue weighted by Gasteiger charge is -2.03. The van der Waals surface area contributed by atoms with Crippen LogP contribution < -0.4 is 10.2 Å². The zero-order chi connectivity index (χ0) is 16.9. The third kappa shape index (κ3) is 5.14. The van der Waals surface area contributed by atoms with Gasteiger partial charge in [-0.25, -0.2) is 4.98 Å². The molecule has 0 aliphatic carbocycles. The summed E-state index contributed by atoms with van der Waals surface area (Å²) in [5.41, 5.74) is 6.97. The Morgan fingerprint density at radius 2 is 1.80 bits per heavy atom. The Morgan fingerprint density at radius 1 is 1.12 bits per heavy atom. The molecule has 2 aromatic carbocycles. The number of aromatic nitrogens is 1. The second-order valence-electron chi connectivity index (χ2n) is 5.08. The highest BCUT2D eigenvalue weighted by Crippen LogP contribution is 2.26. The van der Waals surface area contributed by atoms with Crippen LogP contribution in [0.5, 0.6) is 5.75 Å². The molecule has 0 saturated carbocycles. The minimum Gasteiger partial charge on any atom is -0.497 e. The van der Waals surface area contributed by atoms with Crippen molar-refractivity contribution in [3.05, 3.63) is 63.9 Å². The predicted octanol–water partition coefficient (Wildman–Crippen LogP) is 6.00. The molecule has 3 rings (SSSR count). The maximum atomic E-state index is 5.16. The van der Waals surface area contributed by atoms with Crippen LogP contribution >= 0.6 is 44.2 Å². The molecule has 0 aliphatic heterocycles. The van der Waals surface area contributed by atoms with Gasteiger partial charge in [-0.15, -0.1) is 28.3 Å². The molecule has 3 aromatic rings. The quantitative estimate of drug-likeness (QED) is 0.358. The van der Waals surface area contributed by atoms with Crippen molar-refractivity contribution in [3.8, 4) is 17.0 Å². The van der Waals surface area contributed by atoms with Gasteiger partial charge in [-0.1, -0.05) is 28.1 Å². The maximum Gasteiger partial charge on any atom is 0.203 e. The molecule has 0 atom stereocenters. The summed E-state index contributed by atoms with van der Waals surface area (Å²) in [7, 11) is 1.66. The highest BCUT2D eigenvalue weighted by Gasteiger charge is 2.04. The molecular formula is C18H17Br2N3OS. The molecule has 0 bridgehead atoms. The number of nitrogens with zero attached hydrogens (tertiary/aromatic N) is 2. The molecule has 0 saturated heterocycles. The fraction of sp³-hybridized carbons (Fsp3) is 0.111. The van der Waals surface area contributed by atoms with Crippen LogP contribution in [0, 0.1) is 0 Å². The molecule has 0 fully saturated rings. The molecule has 4 nitrogen and oxygen atoms in total. The number of hydrazone groups is 1. The van der Waals surface area contributed by atoms with Crippen LogP contribution in [0.1, 0.15) is 12.5 Å². The van der Waals surface area contributed by atoms with E-state index in [4.69, 9.17) is 4.74 Å². The Labute approximate surface area is 169 Å². The zero-order valence-corrected chi connectivity index (χ0v) is 17.8. The molecule has 0 spiro atoms. The van der Waals surface area contributed by atoms with Gasteiger partial charge in [-0.05, 0) is 48.9 Å². The number of methoxy groups -OCH3 is 1. The summed E-state index contributed by atoms with van der Waals surface area (Å²) in [5, 5.41) is 7.19. The fourth-order valence-corrected chi connectivity index (χ4v) is 3.03. The van der Waals surface area contributed by atoms with E-state index in [-0.39, 0.29) is 17.0 Å². The first-order chi connectivity index (χ1) is 11.7. The van der Waals surface area contributed by atoms with E-state index in [0.29, 0.717) is 0 Å². The van der Waals surface area contributed by atoms with E-state index in [9.17, 15) is 0 Å². The van der Waals surface area contributed by atoms with Crippen LogP contribution in [0.2, 0.25) is 0 Å². The second kappa shape index (κ2) is 9.12. The minimum atomic E-state index is 0. The van der Waals surface area contributed by atoms with Crippen LogP contribution in [-0.2, 0) is 0 Å². The standard InChI is InChI=1S/C18H16BrN3OS.BrH/c1-12(13-5-9-16(23-2)10-6-13)21-22-18-20-17(11-24-18)14-3-7-15(19)8-4-14;/h3-11H,1-2H3,(H,20,22);1H/b21-12-;. The summed E-state index contributed by atoms with van der Waals surface area (Å²) in [4.78, 5) is 4.57. The van der Waals surface area contributed by atoms with Crippen molar-refractivity contribution in [2.75, 3.05) is 12.5 Å². The van der Waals surface area contributed by atoms with Gasteiger partial charge in [-0.2, -0.15) is 5.10 Å². The third-order valence-electron chi connectivity index (χ3n) is 3.47. The van der Waals surface area contributed by atoms with Crippen molar-refractivity contribution < 1.29 is 4.74 Å². The summed E-state index contributed by atoms with van der Waals surface area (Å²) in [6.07, 6.45) is 0. The number of nitrogens with one attached hydrogen (secondary N) is 1. The van der Waals surface area contributed by atoms with E-state index in [2.05, 4.69) is 31.4 Å². The van der Waals surface area contributed by atoms with Gasteiger partial charge >= 0.3 is 0 Å². The average molecular weight is 483 g/mol. The van der Waals surface area contributed by atoms with Crippen LogP contribution in [0.25, 0.3) is 11.3 Å². The molecular weight excluding hydrogens is 466 g/mol. The summed E-state index contributed by atoms with van der Waals surface area (Å²) in [6, 6.07) is 15.9. The molecule has 0 unspecified atom stereocenters. The first kappa shape index (κ1) is 19.6. The Balaban J connectivity index is 0.00000225. The molecule has 0 aliphatic rings. The van der Waals surface area contributed by atoms with E-state index < -0.39 is 0 Å². The van der Waals surface area contributed by atoms with Gasteiger partial charge < -0.3 is 4.74 Å². The van der Waals surface area contributed by atoms with Crippen LogP contribution in [-0.4, -0.2) is 17.8 Å². The van der Waals surface area contributed by atoms with Crippen LogP contribution in [0.3, 0.4) is 0 Å². The van der Waals surface area contributed by atoms with Gasteiger partial charge in [0, 0.05) is 15.4 Å². The highest BCUT2D eigenvalue weighted by atomic mass is 79.9. The molecule has 1 aromatic heterocycles. The lowest BCUT2D eigenvalue weighted by atomic mass is 10.1. The number of anilines is 1. The Bertz CT molecular complexity index is 846. The number of hydrogen-bond acceptors (Lipinski definition) is 5. The number of ether oxygens (including phenoxy) is 1. The van der Waals surface area contributed by atoms with Gasteiger partial charge in [0.05, 0.1) is 18.5 Å². The minimum absolute atomic E-state index is 0. The summed E-state index contributed by atoms with van der Waals surface area (Å²) < 4.78 is 6.22. The Hall–Kier alpha value is -1.70. The lowest BCUT2D eigenvalue weighted by molar-refractivity contribution is 0.415. The van der Waals surface area contributed by atoms with Gasteiger partial charge in [0.1, 0.15) is 5.75 Å². The van der Waals surface area contributed by atoms with Crippen molar-refractivity contribution >= 4 is 55.1 Å². The van der Waals surface area contributed by atoms with E-state index in [0.717, 1.165) is 37.9 Å². The monoisotopic (exact) mass is 481 g/mol. The van der Waals surface area contributed by atoms with Gasteiger partial charge in [0.15, 0.2) is 0 Å². The maximum absolute atomic E-state index is 5.16. The number of thiazole rings is 1. The molecule has 1 N–H and O–H groups in total. The summed E-state index contributed by atoms with van der Waals surface area (Å²) >= 11 is 4.97. The Morgan fingerprint density at radius 3 is 2.44 bits per heavy atom. The first-order valence-corrected chi connectivity index (χ1v) is 8.99. The highest BCUT2D eigenvalue weighted by molar-refractivity contribution is 9.10. The molecule has 25 heavy (non-hydrogen) atoms. The van der Waals surface area contributed by atoms with Crippen LogP contribution in [0.4, 0.5) is 5.13 Å². The second-order valence-corrected chi connectivity index (χ2v) is 6.86. The van der Waals surface area contributed by atoms with Crippen molar-refractivity contribution in [1.82, 2.24) is 4.98 Å². The van der Waals surface area contributed by atoms with E-state index in [1.54, 1.807) is 7.11 Å². The fourth-order valence-electron chi connectivity index (χ4n) is 2.11. The van der Waals surface area contributed by atoms with Crippen molar-refractivity contribution in [2.45, 2.75) is 6.92 Å².